The molecule has 1 atom stereocenters. The first-order valence-electron chi connectivity index (χ1n) is 4.87. The topological polar surface area (TPSA) is 29.1 Å². The monoisotopic (exact) mass is 209 g/mol. The minimum atomic E-state index is -0.824. The Morgan fingerprint density at radius 3 is 2.57 bits per heavy atom. The summed E-state index contributed by atoms with van der Waals surface area (Å²) >= 11 is 0. The SMILES string of the molecule is Cc1ccc(S(=O)C2CNC2)c(C)c1. The molecule has 0 saturated carbocycles. The largest absolute Gasteiger partial charge is 0.314 e. The molecule has 1 N–H and O–H groups in total. The average Bonchev–Trinajstić information content (AvgIpc) is 2.00. The quantitative estimate of drug-likeness (QED) is 0.797. The Labute approximate surface area is 87.2 Å². The summed E-state index contributed by atoms with van der Waals surface area (Å²) in [7, 11) is -0.824. The van der Waals surface area contributed by atoms with E-state index in [0.717, 1.165) is 23.5 Å². The van der Waals surface area contributed by atoms with E-state index in [1.165, 1.54) is 5.56 Å². The maximum atomic E-state index is 12.0. The smallest absolute Gasteiger partial charge is 0.0643 e. The molecule has 2 rings (SSSR count). The van der Waals surface area contributed by atoms with Crippen LogP contribution < -0.4 is 5.32 Å². The molecule has 0 aromatic heterocycles. The second-order valence-electron chi connectivity index (χ2n) is 3.85. The fourth-order valence-corrected chi connectivity index (χ4v) is 3.09. The van der Waals surface area contributed by atoms with E-state index in [1.54, 1.807) is 0 Å². The van der Waals surface area contributed by atoms with Crippen LogP contribution in [-0.2, 0) is 10.8 Å². The van der Waals surface area contributed by atoms with E-state index in [0.29, 0.717) is 5.25 Å². The zero-order valence-electron chi connectivity index (χ0n) is 8.54. The summed E-state index contributed by atoms with van der Waals surface area (Å²) in [4.78, 5) is 1.00. The second-order valence-corrected chi connectivity index (χ2v) is 5.55. The Morgan fingerprint density at radius 1 is 1.36 bits per heavy atom. The predicted molar refractivity (Wildman–Crippen MR) is 59.0 cm³/mol. The Morgan fingerprint density at radius 2 is 2.07 bits per heavy atom. The van der Waals surface area contributed by atoms with Crippen molar-refractivity contribution in [1.29, 1.82) is 0 Å². The van der Waals surface area contributed by atoms with E-state index >= 15 is 0 Å². The second kappa shape index (κ2) is 3.83. The molecule has 0 amide bonds. The van der Waals surface area contributed by atoms with E-state index in [2.05, 4.69) is 18.3 Å². The average molecular weight is 209 g/mol. The van der Waals surface area contributed by atoms with Crippen molar-refractivity contribution in [3.63, 3.8) is 0 Å². The van der Waals surface area contributed by atoms with Crippen LogP contribution in [0.3, 0.4) is 0 Å². The number of rotatable bonds is 2. The van der Waals surface area contributed by atoms with Crippen molar-refractivity contribution in [2.24, 2.45) is 0 Å². The highest BCUT2D eigenvalue weighted by Crippen LogP contribution is 2.19. The molecule has 76 valence electrons. The lowest BCUT2D eigenvalue weighted by Gasteiger charge is -2.26. The first kappa shape index (κ1) is 9.87. The molecule has 1 heterocycles. The molecule has 1 unspecified atom stereocenters. The number of hydrogen-bond donors (Lipinski definition) is 1. The molecule has 3 heteroatoms. The van der Waals surface area contributed by atoms with Crippen molar-refractivity contribution in [1.82, 2.24) is 5.32 Å². The molecule has 0 radical (unpaired) electrons. The number of nitrogens with one attached hydrogen (secondary N) is 1. The summed E-state index contributed by atoms with van der Waals surface area (Å²) in [5.74, 6) is 0. The van der Waals surface area contributed by atoms with Gasteiger partial charge in [-0.2, -0.15) is 0 Å². The van der Waals surface area contributed by atoms with Crippen molar-refractivity contribution in [2.45, 2.75) is 24.0 Å². The summed E-state index contributed by atoms with van der Waals surface area (Å²) in [6, 6.07) is 6.13. The van der Waals surface area contributed by atoms with Gasteiger partial charge < -0.3 is 5.32 Å². The van der Waals surface area contributed by atoms with Crippen LogP contribution in [-0.4, -0.2) is 22.5 Å². The number of hydrogen-bond acceptors (Lipinski definition) is 2. The zero-order chi connectivity index (χ0) is 10.1. The molecular weight excluding hydrogens is 194 g/mol. The third-order valence-electron chi connectivity index (χ3n) is 2.59. The molecule has 14 heavy (non-hydrogen) atoms. The van der Waals surface area contributed by atoms with Gasteiger partial charge in [-0.25, -0.2) is 0 Å². The van der Waals surface area contributed by atoms with E-state index in [-0.39, 0.29) is 0 Å². The van der Waals surface area contributed by atoms with E-state index in [4.69, 9.17) is 0 Å². The van der Waals surface area contributed by atoms with Crippen molar-refractivity contribution >= 4 is 10.8 Å². The van der Waals surface area contributed by atoms with Gasteiger partial charge in [0.05, 0.1) is 16.0 Å². The van der Waals surface area contributed by atoms with Crippen molar-refractivity contribution in [2.75, 3.05) is 13.1 Å². The van der Waals surface area contributed by atoms with Crippen LogP contribution in [0.4, 0.5) is 0 Å². The molecule has 1 aromatic carbocycles. The summed E-state index contributed by atoms with van der Waals surface area (Å²) in [6.45, 7) is 5.87. The summed E-state index contributed by atoms with van der Waals surface area (Å²) in [6.07, 6.45) is 0. The van der Waals surface area contributed by atoms with Crippen LogP contribution in [0.5, 0.6) is 0 Å². The Kier molecular flexibility index (Phi) is 2.70. The lowest BCUT2D eigenvalue weighted by molar-refractivity contribution is 0.526. The van der Waals surface area contributed by atoms with Gasteiger partial charge in [0.1, 0.15) is 0 Å². The predicted octanol–water partition coefficient (Wildman–Crippen LogP) is 1.38. The maximum absolute atomic E-state index is 12.0. The highest BCUT2D eigenvalue weighted by molar-refractivity contribution is 7.85. The van der Waals surface area contributed by atoms with Gasteiger partial charge in [-0.15, -0.1) is 0 Å². The summed E-state index contributed by atoms with van der Waals surface area (Å²) < 4.78 is 12.0. The first-order chi connectivity index (χ1) is 6.68. The van der Waals surface area contributed by atoms with Gasteiger partial charge in [0.15, 0.2) is 0 Å². The molecule has 1 aromatic rings. The molecule has 1 aliphatic heterocycles. The van der Waals surface area contributed by atoms with Gasteiger partial charge in [0.25, 0.3) is 0 Å². The van der Waals surface area contributed by atoms with Crippen molar-refractivity contribution in [3.8, 4) is 0 Å². The highest BCUT2D eigenvalue weighted by Gasteiger charge is 2.25. The molecular formula is C11H15NOS. The minimum absolute atomic E-state index is 0.316. The number of benzene rings is 1. The van der Waals surface area contributed by atoms with Gasteiger partial charge in [0, 0.05) is 18.0 Å². The van der Waals surface area contributed by atoms with Crippen molar-refractivity contribution in [3.05, 3.63) is 29.3 Å². The Balaban J connectivity index is 2.26. The highest BCUT2D eigenvalue weighted by atomic mass is 32.2. The third kappa shape index (κ3) is 1.74. The Bertz CT molecular complexity index is 372. The van der Waals surface area contributed by atoms with Crippen LogP contribution in [0.25, 0.3) is 0 Å². The van der Waals surface area contributed by atoms with Crippen molar-refractivity contribution < 1.29 is 4.21 Å². The normalized spacial score (nSPS) is 19.0. The van der Waals surface area contributed by atoms with Crippen LogP contribution in [0.2, 0.25) is 0 Å². The lowest BCUT2D eigenvalue weighted by atomic mass is 10.2. The minimum Gasteiger partial charge on any atom is -0.314 e. The molecule has 0 bridgehead atoms. The lowest BCUT2D eigenvalue weighted by Crippen LogP contribution is -2.49. The molecule has 1 saturated heterocycles. The van der Waals surface area contributed by atoms with Crippen LogP contribution in [0.15, 0.2) is 23.1 Å². The molecule has 1 aliphatic rings. The summed E-state index contributed by atoms with van der Waals surface area (Å²) in [5, 5.41) is 3.47. The molecule has 2 nitrogen and oxygen atoms in total. The Hall–Kier alpha value is -0.670. The number of aryl methyl sites for hydroxylation is 2. The van der Waals surface area contributed by atoms with Crippen LogP contribution >= 0.6 is 0 Å². The van der Waals surface area contributed by atoms with Gasteiger partial charge in [-0.05, 0) is 25.5 Å². The fraction of sp³-hybridized carbons (Fsp3) is 0.455. The van der Waals surface area contributed by atoms with E-state index < -0.39 is 10.8 Å². The third-order valence-corrected chi connectivity index (χ3v) is 4.42. The molecule has 0 aliphatic carbocycles. The standard InChI is InChI=1S/C11H15NOS/c1-8-3-4-11(9(2)5-8)14(13)10-6-12-7-10/h3-5,10,12H,6-7H2,1-2H3. The molecule has 1 fully saturated rings. The van der Waals surface area contributed by atoms with E-state index in [9.17, 15) is 4.21 Å². The van der Waals surface area contributed by atoms with Gasteiger partial charge >= 0.3 is 0 Å². The molecule has 0 spiro atoms. The van der Waals surface area contributed by atoms with Crippen LogP contribution in [0, 0.1) is 13.8 Å². The van der Waals surface area contributed by atoms with Crippen LogP contribution in [0.1, 0.15) is 11.1 Å². The maximum Gasteiger partial charge on any atom is 0.0643 e. The first-order valence-corrected chi connectivity index (χ1v) is 6.08. The van der Waals surface area contributed by atoms with Gasteiger partial charge in [-0.1, -0.05) is 17.7 Å². The van der Waals surface area contributed by atoms with E-state index in [1.807, 2.05) is 19.1 Å². The van der Waals surface area contributed by atoms with Gasteiger partial charge in [0.2, 0.25) is 0 Å². The summed E-state index contributed by atoms with van der Waals surface area (Å²) in [5.41, 5.74) is 2.38. The fourth-order valence-electron chi connectivity index (χ4n) is 1.62. The zero-order valence-corrected chi connectivity index (χ0v) is 9.36. The van der Waals surface area contributed by atoms with Gasteiger partial charge in [-0.3, -0.25) is 4.21 Å².